The lowest BCUT2D eigenvalue weighted by molar-refractivity contribution is -0.203. The van der Waals surface area contributed by atoms with Gasteiger partial charge in [-0.2, -0.15) is 23.4 Å². The van der Waals surface area contributed by atoms with Gasteiger partial charge in [0.05, 0.1) is 0 Å². The van der Waals surface area contributed by atoms with Crippen molar-refractivity contribution in [1.29, 1.82) is 0 Å². The third kappa shape index (κ3) is 3.81. The first-order valence-corrected chi connectivity index (χ1v) is 7.11. The van der Waals surface area contributed by atoms with Gasteiger partial charge in [-0.3, -0.25) is 0 Å². The summed E-state index contributed by atoms with van der Waals surface area (Å²) in [6.45, 7) is 1.28. The molecule has 1 atom stereocenters. The van der Waals surface area contributed by atoms with E-state index in [0.717, 1.165) is 25.7 Å². The van der Waals surface area contributed by atoms with E-state index in [1.54, 1.807) is 10.2 Å². The van der Waals surface area contributed by atoms with Crippen LogP contribution in [0, 0.1) is 0 Å². The maximum absolute atomic E-state index is 12.9. The lowest BCUT2D eigenvalue weighted by Gasteiger charge is -2.30. The van der Waals surface area contributed by atoms with Gasteiger partial charge in [0.15, 0.2) is 6.17 Å². The molecule has 7 heteroatoms. The zero-order valence-corrected chi connectivity index (χ0v) is 11.4. The lowest BCUT2D eigenvalue weighted by Crippen LogP contribution is -2.48. The van der Waals surface area contributed by atoms with Crippen LogP contribution in [0.25, 0.3) is 0 Å². The molecule has 0 aliphatic carbocycles. The number of fused-ring (bicyclic) bond motifs is 1. The van der Waals surface area contributed by atoms with Crippen LogP contribution in [-0.2, 0) is 0 Å². The number of nitrogens with zero attached hydrogens (tertiary/aromatic N) is 3. The molecule has 0 aromatic heterocycles. The van der Waals surface area contributed by atoms with Crippen LogP contribution in [0.3, 0.4) is 0 Å². The van der Waals surface area contributed by atoms with Crippen LogP contribution in [0.1, 0.15) is 44.9 Å². The van der Waals surface area contributed by atoms with Gasteiger partial charge >= 0.3 is 6.18 Å². The zero-order valence-electron chi connectivity index (χ0n) is 11.4. The van der Waals surface area contributed by atoms with Gasteiger partial charge in [0.2, 0.25) is 0 Å². The molecule has 0 aromatic carbocycles. The number of nitrogens with one attached hydrogen (secondary N) is 1. The van der Waals surface area contributed by atoms with Crippen molar-refractivity contribution in [3.8, 4) is 0 Å². The summed E-state index contributed by atoms with van der Waals surface area (Å²) in [5.41, 5.74) is 2.58. The zero-order chi connectivity index (χ0) is 13.9. The van der Waals surface area contributed by atoms with E-state index in [2.05, 4.69) is 5.43 Å². The summed E-state index contributed by atoms with van der Waals surface area (Å²) in [5, 5.41) is 4.63. The van der Waals surface area contributed by atoms with Gasteiger partial charge in [-0.25, -0.2) is 10.4 Å². The molecule has 2 fully saturated rings. The fraction of sp³-hybridized carbons (Fsp3) is 1.00. The Labute approximate surface area is 112 Å². The van der Waals surface area contributed by atoms with Crippen LogP contribution in [0.5, 0.6) is 0 Å². The van der Waals surface area contributed by atoms with Gasteiger partial charge in [0.1, 0.15) is 0 Å². The molecule has 2 aliphatic rings. The van der Waals surface area contributed by atoms with Crippen molar-refractivity contribution in [1.82, 2.24) is 20.7 Å². The Bertz CT molecular complexity index is 285. The second kappa shape index (κ2) is 6.39. The molecule has 0 amide bonds. The Kier molecular flexibility index (Phi) is 5.05. The fourth-order valence-electron chi connectivity index (χ4n) is 2.74. The van der Waals surface area contributed by atoms with E-state index in [-0.39, 0.29) is 0 Å². The van der Waals surface area contributed by atoms with Gasteiger partial charge < -0.3 is 0 Å². The van der Waals surface area contributed by atoms with Crippen molar-refractivity contribution >= 4 is 0 Å². The first kappa shape index (κ1) is 15.0. The van der Waals surface area contributed by atoms with Crippen LogP contribution in [-0.4, -0.2) is 47.7 Å². The molecule has 0 saturated carbocycles. The molecule has 1 unspecified atom stereocenters. The maximum atomic E-state index is 12.9. The second-order valence-electron chi connectivity index (χ2n) is 5.34. The highest BCUT2D eigenvalue weighted by Crippen LogP contribution is 2.28. The Morgan fingerprint density at radius 1 is 0.895 bits per heavy atom. The molecule has 2 aliphatic heterocycles. The summed E-state index contributed by atoms with van der Waals surface area (Å²) < 4.78 is 38.8. The van der Waals surface area contributed by atoms with Crippen LogP contribution in [0.15, 0.2) is 0 Å². The van der Waals surface area contributed by atoms with E-state index >= 15 is 0 Å². The van der Waals surface area contributed by atoms with E-state index in [9.17, 15) is 13.2 Å². The lowest BCUT2D eigenvalue weighted by atomic mass is 10.1. The molecule has 0 radical (unpaired) electrons. The van der Waals surface area contributed by atoms with Gasteiger partial charge in [-0.05, 0) is 12.8 Å². The third-order valence-electron chi connectivity index (χ3n) is 3.83. The SMILES string of the molecule is CN1C(C(F)(F)F)NN2CCCCCCCCCN21. The minimum atomic E-state index is -4.25. The molecule has 19 heavy (non-hydrogen) atoms. The summed E-state index contributed by atoms with van der Waals surface area (Å²) in [6, 6.07) is 0. The average Bonchev–Trinajstić information content (AvgIpc) is 2.62. The van der Waals surface area contributed by atoms with E-state index in [1.165, 1.54) is 31.3 Å². The topological polar surface area (TPSA) is 21.8 Å². The molecule has 4 nitrogen and oxygen atoms in total. The molecular weight excluding hydrogens is 257 g/mol. The summed E-state index contributed by atoms with van der Waals surface area (Å²) >= 11 is 0. The van der Waals surface area contributed by atoms with Crippen molar-refractivity contribution in [2.75, 3.05) is 20.1 Å². The molecule has 2 heterocycles. The minimum Gasteiger partial charge on any atom is -0.213 e. The average molecular weight is 280 g/mol. The molecule has 2 rings (SSSR count). The quantitative estimate of drug-likeness (QED) is 0.736. The van der Waals surface area contributed by atoms with Gasteiger partial charge in [0, 0.05) is 20.1 Å². The minimum absolute atomic E-state index is 0.636. The monoisotopic (exact) mass is 280 g/mol. The number of hydrogen-bond donors (Lipinski definition) is 1. The Hall–Kier alpha value is -0.370. The smallest absolute Gasteiger partial charge is 0.213 e. The molecule has 112 valence electrons. The van der Waals surface area contributed by atoms with E-state index in [1.807, 2.05) is 0 Å². The summed E-state index contributed by atoms with van der Waals surface area (Å²) in [7, 11) is 1.50. The third-order valence-corrected chi connectivity index (χ3v) is 3.83. The summed E-state index contributed by atoms with van der Waals surface area (Å²) in [4.78, 5) is 0. The standard InChI is InChI=1S/C12H23F3N4/c1-17-11(12(13,14)15)16-18-9-7-5-3-2-4-6-8-10-19(17)18/h11,16H,2-10H2,1H3. The number of rotatable bonds is 0. The van der Waals surface area contributed by atoms with E-state index in [0.29, 0.717) is 13.1 Å². The van der Waals surface area contributed by atoms with E-state index < -0.39 is 12.3 Å². The second-order valence-corrected chi connectivity index (χ2v) is 5.34. The van der Waals surface area contributed by atoms with Gasteiger partial charge in [-0.1, -0.05) is 32.1 Å². The Morgan fingerprint density at radius 3 is 2.00 bits per heavy atom. The molecule has 0 spiro atoms. The predicted molar refractivity (Wildman–Crippen MR) is 66.5 cm³/mol. The van der Waals surface area contributed by atoms with Crippen molar-refractivity contribution < 1.29 is 13.2 Å². The van der Waals surface area contributed by atoms with Crippen molar-refractivity contribution in [3.63, 3.8) is 0 Å². The number of hydrogen-bond acceptors (Lipinski definition) is 4. The fourth-order valence-corrected chi connectivity index (χ4v) is 2.74. The Morgan fingerprint density at radius 2 is 1.42 bits per heavy atom. The largest absolute Gasteiger partial charge is 0.419 e. The van der Waals surface area contributed by atoms with Gasteiger partial charge in [0.25, 0.3) is 0 Å². The Balaban J connectivity index is 2.02. The van der Waals surface area contributed by atoms with Crippen molar-refractivity contribution in [2.45, 2.75) is 57.3 Å². The predicted octanol–water partition coefficient (Wildman–Crippen LogP) is 2.50. The van der Waals surface area contributed by atoms with Crippen molar-refractivity contribution in [2.24, 2.45) is 0 Å². The molecule has 0 aromatic rings. The van der Waals surface area contributed by atoms with Crippen molar-refractivity contribution in [3.05, 3.63) is 0 Å². The van der Waals surface area contributed by atoms with Crippen LogP contribution in [0.2, 0.25) is 0 Å². The maximum Gasteiger partial charge on any atom is 0.419 e. The van der Waals surface area contributed by atoms with E-state index in [4.69, 9.17) is 0 Å². The highest BCUT2D eigenvalue weighted by Gasteiger charge is 2.50. The molecule has 0 bridgehead atoms. The van der Waals surface area contributed by atoms with Crippen LogP contribution in [0.4, 0.5) is 13.2 Å². The van der Waals surface area contributed by atoms with Gasteiger partial charge in [-0.15, -0.1) is 0 Å². The van der Waals surface area contributed by atoms with Crippen LogP contribution >= 0.6 is 0 Å². The molecular formula is C12H23F3N4. The number of alkyl halides is 3. The number of hydrazine groups is 3. The normalized spacial score (nSPS) is 30.0. The summed E-state index contributed by atoms with van der Waals surface area (Å²) in [5.74, 6) is 0. The summed E-state index contributed by atoms with van der Waals surface area (Å²) in [6.07, 6.45) is 1.82. The highest BCUT2D eigenvalue weighted by molar-refractivity contribution is 4.77. The molecule has 1 N–H and O–H groups in total. The molecule has 2 saturated heterocycles. The highest BCUT2D eigenvalue weighted by atomic mass is 19.4. The van der Waals surface area contributed by atoms with Crippen LogP contribution < -0.4 is 5.43 Å². The first-order valence-electron chi connectivity index (χ1n) is 7.11. The number of halogens is 3. The first-order chi connectivity index (χ1) is 9.00.